The standard InChI is InChI=1S/C17H13Cl4N5OS/c1-8-3-4-10(5-9(8)2)26-17(23-24-25-26)28-7-13(27)22-16-14(20)11(18)6-12(19)15(16)21/h3-6H,7H2,1-2H3,(H,22,27). The molecule has 0 unspecified atom stereocenters. The van der Waals surface area contributed by atoms with Crippen molar-refractivity contribution in [3.05, 3.63) is 55.5 Å². The van der Waals surface area contributed by atoms with Gasteiger partial charge in [-0.15, -0.1) is 5.10 Å². The number of nitrogens with one attached hydrogen (secondary N) is 1. The Bertz CT molecular complexity index is 1030. The number of aromatic nitrogens is 4. The Morgan fingerprint density at radius 2 is 1.75 bits per heavy atom. The first-order chi connectivity index (χ1) is 13.3. The highest BCUT2D eigenvalue weighted by Crippen LogP contribution is 2.41. The van der Waals surface area contributed by atoms with Crippen LogP contribution < -0.4 is 5.32 Å². The van der Waals surface area contributed by atoms with E-state index in [1.807, 2.05) is 32.0 Å². The lowest BCUT2D eigenvalue weighted by molar-refractivity contribution is -0.113. The molecule has 0 fully saturated rings. The second-order valence-electron chi connectivity index (χ2n) is 5.82. The predicted molar refractivity (Wildman–Crippen MR) is 114 cm³/mol. The van der Waals surface area contributed by atoms with E-state index in [-0.39, 0.29) is 37.4 Å². The number of tetrazole rings is 1. The molecule has 3 rings (SSSR count). The van der Waals surface area contributed by atoms with Gasteiger partial charge >= 0.3 is 0 Å². The van der Waals surface area contributed by atoms with Crippen LogP contribution in [-0.2, 0) is 4.79 Å². The number of carbonyl (C=O) groups is 1. The maximum Gasteiger partial charge on any atom is 0.234 e. The van der Waals surface area contributed by atoms with Gasteiger partial charge in [-0.1, -0.05) is 64.2 Å². The lowest BCUT2D eigenvalue weighted by atomic mass is 10.1. The van der Waals surface area contributed by atoms with Crippen LogP contribution in [0.2, 0.25) is 20.1 Å². The number of nitrogens with zero attached hydrogens (tertiary/aromatic N) is 4. The predicted octanol–water partition coefficient (Wildman–Crippen LogP) is 5.62. The summed E-state index contributed by atoms with van der Waals surface area (Å²) in [6.07, 6.45) is 0. The Morgan fingerprint density at radius 3 is 2.39 bits per heavy atom. The summed E-state index contributed by atoms with van der Waals surface area (Å²) in [4.78, 5) is 12.4. The smallest absolute Gasteiger partial charge is 0.234 e. The number of benzene rings is 2. The fourth-order valence-corrected chi connectivity index (χ4v) is 3.87. The van der Waals surface area contributed by atoms with Crippen LogP contribution in [0.1, 0.15) is 11.1 Å². The number of anilines is 1. The molecule has 1 N–H and O–H groups in total. The number of rotatable bonds is 5. The Labute approximate surface area is 185 Å². The SMILES string of the molecule is Cc1ccc(-n2nnnc2SCC(=O)Nc2c(Cl)c(Cl)cc(Cl)c2Cl)cc1C. The molecule has 3 aromatic rings. The molecule has 0 spiro atoms. The highest BCUT2D eigenvalue weighted by Gasteiger charge is 2.18. The largest absolute Gasteiger partial charge is 0.323 e. The average Bonchev–Trinajstić information content (AvgIpc) is 3.13. The molecule has 0 aliphatic heterocycles. The van der Waals surface area contributed by atoms with Gasteiger partial charge < -0.3 is 5.32 Å². The summed E-state index contributed by atoms with van der Waals surface area (Å²) in [5.74, 6) is -0.330. The topological polar surface area (TPSA) is 72.7 Å². The quantitative estimate of drug-likeness (QED) is 0.382. The van der Waals surface area contributed by atoms with E-state index in [1.54, 1.807) is 4.68 Å². The first kappa shape index (κ1) is 21.2. The summed E-state index contributed by atoms with van der Waals surface area (Å²) in [7, 11) is 0. The fourth-order valence-electron chi connectivity index (χ4n) is 2.28. The van der Waals surface area contributed by atoms with Crippen molar-refractivity contribution in [3.63, 3.8) is 0 Å². The minimum atomic E-state index is -0.359. The van der Waals surface area contributed by atoms with E-state index in [0.29, 0.717) is 5.16 Å². The molecule has 0 aliphatic carbocycles. The highest BCUT2D eigenvalue weighted by atomic mass is 35.5. The molecule has 11 heteroatoms. The molecule has 0 atom stereocenters. The van der Waals surface area contributed by atoms with Gasteiger partial charge in [0.15, 0.2) is 0 Å². The molecule has 0 saturated heterocycles. The first-order valence-electron chi connectivity index (χ1n) is 7.89. The molecule has 0 aliphatic rings. The Balaban J connectivity index is 1.73. The van der Waals surface area contributed by atoms with Crippen molar-refractivity contribution >= 4 is 69.8 Å². The highest BCUT2D eigenvalue weighted by molar-refractivity contribution is 7.99. The van der Waals surface area contributed by atoms with Gasteiger partial charge in [0.2, 0.25) is 11.1 Å². The van der Waals surface area contributed by atoms with Crippen LogP contribution in [0.4, 0.5) is 5.69 Å². The Morgan fingerprint density at radius 1 is 1.07 bits per heavy atom. The molecule has 2 aromatic carbocycles. The number of amides is 1. The van der Waals surface area contributed by atoms with Crippen LogP contribution in [0, 0.1) is 13.8 Å². The van der Waals surface area contributed by atoms with Crippen molar-refractivity contribution in [2.45, 2.75) is 19.0 Å². The third kappa shape index (κ3) is 4.55. The lowest BCUT2D eigenvalue weighted by Gasteiger charge is -2.11. The average molecular weight is 477 g/mol. The maximum atomic E-state index is 12.4. The van der Waals surface area contributed by atoms with Crippen LogP contribution in [0.25, 0.3) is 5.69 Å². The van der Waals surface area contributed by atoms with Gasteiger partial charge in [-0.2, -0.15) is 4.68 Å². The molecule has 0 bridgehead atoms. The fraction of sp³-hybridized carbons (Fsp3) is 0.176. The number of halogens is 4. The van der Waals surface area contributed by atoms with Gasteiger partial charge in [-0.25, -0.2) is 0 Å². The zero-order valence-corrected chi connectivity index (χ0v) is 18.5. The summed E-state index contributed by atoms with van der Waals surface area (Å²) in [5.41, 5.74) is 3.26. The molecule has 28 heavy (non-hydrogen) atoms. The monoisotopic (exact) mass is 475 g/mol. The number of thioether (sulfide) groups is 1. The van der Waals surface area contributed by atoms with E-state index in [4.69, 9.17) is 46.4 Å². The molecule has 1 heterocycles. The van der Waals surface area contributed by atoms with Crippen molar-refractivity contribution in [2.24, 2.45) is 0 Å². The molecule has 146 valence electrons. The summed E-state index contributed by atoms with van der Waals surface area (Å²) < 4.78 is 1.57. The lowest BCUT2D eigenvalue weighted by Crippen LogP contribution is -2.15. The maximum absolute atomic E-state index is 12.4. The van der Waals surface area contributed by atoms with Gasteiger partial charge in [0.05, 0.1) is 37.2 Å². The van der Waals surface area contributed by atoms with E-state index in [9.17, 15) is 4.79 Å². The van der Waals surface area contributed by atoms with Gasteiger partial charge in [-0.05, 0) is 53.6 Å². The van der Waals surface area contributed by atoms with Crippen LogP contribution >= 0.6 is 58.2 Å². The Kier molecular flexibility index (Phi) is 6.73. The molecule has 1 amide bonds. The summed E-state index contributed by atoms with van der Waals surface area (Å²) in [6, 6.07) is 7.29. The minimum Gasteiger partial charge on any atom is -0.323 e. The summed E-state index contributed by atoms with van der Waals surface area (Å²) >= 11 is 25.4. The summed E-state index contributed by atoms with van der Waals surface area (Å²) in [5, 5.41) is 15.4. The molecular formula is C17H13Cl4N5OS. The minimum absolute atomic E-state index is 0.0298. The van der Waals surface area contributed by atoms with E-state index < -0.39 is 0 Å². The zero-order chi connectivity index (χ0) is 20.4. The number of carbonyl (C=O) groups excluding carboxylic acids is 1. The molecule has 6 nitrogen and oxygen atoms in total. The van der Waals surface area contributed by atoms with Gasteiger partial charge in [-0.3, -0.25) is 4.79 Å². The van der Waals surface area contributed by atoms with Crippen molar-refractivity contribution in [1.29, 1.82) is 0 Å². The molecule has 1 aromatic heterocycles. The van der Waals surface area contributed by atoms with Crippen molar-refractivity contribution < 1.29 is 4.79 Å². The van der Waals surface area contributed by atoms with Crippen LogP contribution in [0.3, 0.4) is 0 Å². The van der Waals surface area contributed by atoms with Crippen molar-refractivity contribution in [3.8, 4) is 5.69 Å². The van der Waals surface area contributed by atoms with E-state index in [2.05, 4.69) is 20.8 Å². The van der Waals surface area contributed by atoms with Gasteiger partial charge in [0, 0.05) is 0 Å². The van der Waals surface area contributed by atoms with Gasteiger partial charge in [0.1, 0.15) is 0 Å². The number of hydrogen-bond acceptors (Lipinski definition) is 5. The molecule has 0 saturated carbocycles. The second-order valence-corrected chi connectivity index (χ2v) is 8.33. The van der Waals surface area contributed by atoms with Crippen LogP contribution in [0.15, 0.2) is 29.4 Å². The second kappa shape index (κ2) is 8.88. The normalized spacial score (nSPS) is 10.9. The third-order valence-corrected chi connectivity index (χ3v) is 6.38. The molecular weight excluding hydrogens is 464 g/mol. The number of aryl methyl sites for hydroxylation is 2. The first-order valence-corrected chi connectivity index (χ1v) is 10.4. The third-order valence-electron chi connectivity index (χ3n) is 3.88. The zero-order valence-electron chi connectivity index (χ0n) is 14.6. The summed E-state index contributed by atoms with van der Waals surface area (Å²) in [6.45, 7) is 4.03. The van der Waals surface area contributed by atoms with E-state index >= 15 is 0 Å². The van der Waals surface area contributed by atoms with Crippen LogP contribution in [-0.4, -0.2) is 31.9 Å². The van der Waals surface area contributed by atoms with Crippen molar-refractivity contribution in [2.75, 3.05) is 11.1 Å². The molecule has 0 radical (unpaired) electrons. The van der Waals surface area contributed by atoms with E-state index in [1.165, 1.54) is 23.4 Å². The number of hydrogen-bond donors (Lipinski definition) is 1. The van der Waals surface area contributed by atoms with Crippen molar-refractivity contribution in [1.82, 2.24) is 20.2 Å². The van der Waals surface area contributed by atoms with Crippen LogP contribution in [0.5, 0.6) is 0 Å². The van der Waals surface area contributed by atoms with Gasteiger partial charge in [0.25, 0.3) is 0 Å². The van der Waals surface area contributed by atoms with E-state index in [0.717, 1.165) is 11.3 Å². The Hall–Kier alpha value is -1.51.